The highest BCUT2D eigenvalue weighted by atomic mass is 16.5. The predicted octanol–water partition coefficient (Wildman–Crippen LogP) is 2.18. The lowest BCUT2D eigenvalue weighted by molar-refractivity contribution is -0.130. The van der Waals surface area contributed by atoms with Crippen molar-refractivity contribution in [3.63, 3.8) is 0 Å². The van der Waals surface area contributed by atoms with E-state index >= 15 is 0 Å². The van der Waals surface area contributed by atoms with Gasteiger partial charge in [0.25, 0.3) is 0 Å². The molecule has 0 saturated carbocycles. The Morgan fingerprint density at radius 1 is 1.48 bits per heavy atom. The van der Waals surface area contributed by atoms with Crippen molar-refractivity contribution in [2.75, 3.05) is 25.0 Å². The third kappa shape index (κ3) is 4.72. The molecule has 1 saturated heterocycles. The van der Waals surface area contributed by atoms with E-state index in [0.29, 0.717) is 0 Å². The van der Waals surface area contributed by atoms with Crippen LogP contribution in [0, 0.1) is 0 Å². The first-order valence-corrected chi connectivity index (χ1v) is 7.42. The minimum absolute atomic E-state index is 0.0641. The third-order valence-corrected chi connectivity index (χ3v) is 3.58. The van der Waals surface area contributed by atoms with Gasteiger partial charge >= 0.3 is 0 Å². The minimum Gasteiger partial charge on any atom is -0.491 e. The van der Waals surface area contributed by atoms with Gasteiger partial charge in [-0.3, -0.25) is 4.79 Å². The summed E-state index contributed by atoms with van der Waals surface area (Å²) in [6.07, 6.45) is 1.10. The molecule has 0 aliphatic carbocycles. The van der Waals surface area contributed by atoms with E-state index in [4.69, 9.17) is 9.47 Å². The van der Waals surface area contributed by atoms with Gasteiger partial charge in [0.05, 0.1) is 11.7 Å². The third-order valence-electron chi connectivity index (χ3n) is 3.58. The van der Waals surface area contributed by atoms with Crippen LogP contribution in [0.5, 0.6) is 5.75 Å². The maximum atomic E-state index is 11.9. The van der Waals surface area contributed by atoms with E-state index in [2.05, 4.69) is 17.6 Å². The first kappa shape index (κ1) is 15.8. The smallest absolute Gasteiger partial charge is 0.250 e. The molecule has 1 heterocycles. The summed E-state index contributed by atoms with van der Waals surface area (Å²) >= 11 is 0. The lowest BCUT2D eigenvalue weighted by atomic mass is 10.0. The highest BCUT2D eigenvalue weighted by Gasteiger charge is 2.32. The van der Waals surface area contributed by atoms with Crippen LogP contribution in [0.2, 0.25) is 0 Å². The minimum atomic E-state index is -0.209. The topological polar surface area (TPSA) is 59.6 Å². The predicted molar refractivity (Wildman–Crippen MR) is 82.7 cm³/mol. The van der Waals surface area contributed by atoms with Crippen molar-refractivity contribution >= 4 is 11.6 Å². The van der Waals surface area contributed by atoms with E-state index in [1.807, 2.05) is 38.1 Å². The van der Waals surface area contributed by atoms with Crippen molar-refractivity contribution in [3.8, 4) is 5.75 Å². The zero-order valence-corrected chi connectivity index (χ0v) is 12.9. The van der Waals surface area contributed by atoms with Gasteiger partial charge < -0.3 is 20.1 Å². The Kier molecular flexibility index (Phi) is 5.20. The maximum absolute atomic E-state index is 11.9. The highest BCUT2D eigenvalue weighted by molar-refractivity contribution is 5.91. The van der Waals surface area contributed by atoms with E-state index in [9.17, 15) is 4.79 Å². The summed E-state index contributed by atoms with van der Waals surface area (Å²) in [6.45, 7) is 7.74. The molecule has 0 radical (unpaired) electrons. The summed E-state index contributed by atoms with van der Waals surface area (Å²) in [5.74, 6) is 0.613. The van der Waals surface area contributed by atoms with Crippen molar-refractivity contribution in [1.29, 1.82) is 0 Å². The molecule has 2 N–H and O–H groups in total. The van der Waals surface area contributed by atoms with Crippen molar-refractivity contribution in [1.82, 2.24) is 5.32 Å². The van der Waals surface area contributed by atoms with Gasteiger partial charge in [0, 0.05) is 24.8 Å². The van der Waals surface area contributed by atoms with Gasteiger partial charge in [-0.1, -0.05) is 13.0 Å². The molecule has 5 nitrogen and oxygen atoms in total. The number of anilines is 1. The first-order valence-electron chi connectivity index (χ1n) is 7.42. The molecule has 1 aromatic carbocycles. The second-order valence-electron chi connectivity index (χ2n) is 5.75. The van der Waals surface area contributed by atoms with Crippen LogP contribution in [-0.4, -0.2) is 37.3 Å². The highest BCUT2D eigenvalue weighted by Crippen LogP contribution is 2.20. The van der Waals surface area contributed by atoms with Gasteiger partial charge in [-0.2, -0.15) is 0 Å². The van der Waals surface area contributed by atoms with Crippen LogP contribution in [0.1, 0.15) is 27.2 Å². The second-order valence-corrected chi connectivity index (χ2v) is 5.75. The van der Waals surface area contributed by atoms with Crippen molar-refractivity contribution in [3.05, 3.63) is 24.3 Å². The molecule has 21 heavy (non-hydrogen) atoms. The second kappa shape index (κ2) is 6.91. The van der Waals surface area contributed by atoms with E-state index in [1.54, 1.807) is 0 Å². The zero-order valence-electron chi connectivity index (χ0n) is 12.9. The van der Waals surface area contributed by atoms with Crippen LogP contribution in [-0.2, 0) is 9.53 Å². The van der Waals surface area contributed by atoms with E-state index in [-0.39, 0.29) is 24.2 Å². The Hall–Kier alpha value is -1.59. The normalized spacial score (nSPS) is 17.7. The Morgan fingerprint density at radius 3 is 2.86 bits per heavy atom. The van der Waals surface area contributed by atoms with Crippen LogP contribution < -0.4 is 15.4 Å². The number of hydrogen-bond acceptors (Lipinski definition) is 4. The molecule has 1 aromatic rings. The van der Waals surface area contributed by atoms with Crippen LogP contribution in [0.25, 0.3) is 0 Å². The molecule has 1 aliphatic heterocycles. The summed E-state index contributed by atoms with van der Waals surface area (Å²) in [7, 11) is 0. The number of carbonyl (C=O) groups excluding carboxylic acids is 1. The molecule has 0 bridgehead atoms. The number of hydrogen-bond donors (Lipinski definition) is 2. The fourth-order valence-electron chi connectivity index (χ4n) is 1.98. The van der Waals surface area contributed by atoms with Crippen molar-refractivity contribution in [2.24, 2.45) is 0 Å². The van der Waals surface area contributed by atoms with E-state index < -0.39 is 0 Å². The molecule has 1 atom stereocenters. The summed E-state index contributed by atoms with van der Waals surface area (Å²) in [5.41, 5.74) is 0.514. The van der Waals surface area contributed by atoms with Crippen molar-refractivity contribution < 1.29 is 14.3 Å². The number of amides is 1. The summed E-state index contributed by atoms with van der Waals surface area (Å²) < 4.78 is 11.3. The molecule has 0 aromatic heterocycles. The number of ether oxygens (including phenoxy) is 2. The molecule has 116 valence electrons. The summed E-state index contributed by atoms with van der Waals surface area (Å²) in [5, 5.41) is 5.96. The monoisotopic (exact) mass is 292 g/mol. The van der Waals surface area contributed by atoms with Gasteiger partial charge in [0.15, 0.2) is 0 Å². The summed E-state index contributed by atoms with van der Waals surface area (Å²) in [6, 6.07) is 7.43. The molecule has 5 heteroatoms. The molecular formula is C16H24N2O3. The van der Waals surface area contributed by atoms with Gasteiger partial charge in [-0.15, -0.1) is 0 Å². The molecular weight excluding hydrogens is 268 g/mol. The van der Waals surface area contributed by atoms with Gasteiger partial charge in [0.1, 0.15) is 12.4 Å². The Morgan fingerprint density at radius 2 is 2.24 bits per heavy atom. The van der Waals surface area contributed by atoms with Gasteiger partial charge in [0.2, 0.25) is 5.91 Å². The molecule has 1 unspecified atom stereocenters. The van der Waals surface area contributed by atoms with Crippen LogP contribution in [0.3, 0.4) is 0 Å². The van der Waals surface area contributed by atoms with Crippen LogP contribution in [0.4, 0.5) is 5.69 Å². The fraction of sp³-hybridized carbons (Fsp3) is 0.562. The largest absolute Gasteiger partial charge is 0.491 e. The quantitative estimate of drug-likeness (QED) is 0.808. The van der Waals surface area contributed by atoms with E-state index in [1.165, 1.54) is 0 Å². The Balaban J connectivity index is 1.84. The number of carbonyl (C=O) groups is 1. The zero-order chi connectivity index (χ0) is 15.3. The van der Waals surface area contributed by atoms with E-state index in [0.717, 1.165) is 30.9 Å². The number of benzene rings is 1. The fourth-order valence-corrected chi connectivity index (χ4v) is 1.98. The Labute approximate surface area is 126 Å². The SMILES string of the molecule is CCC(C)Oc1cccc(NC(=O)COC2(C)CNC2)c1. The molecule has 1 amide bonds. The number of nitrogens with one attached hydrogen (secondary N) is 2. The van der Waals surface area contributed by atoms with Gasteiger partial charge in [-0.25, -0.2) is 0 Å². The first-order chi connectivity index (χ1) is 10.0. The molecule has 2 rings (SSSR count). The lowest BCUT2D eigenvalue weighted by Gasteiger charge is -2.38. The lowest BCUT2D eigenvalue weighted by Crippen LogP contribution is -2.59. The molecule has 1 aliphatic rings. The summed E-state index contributed by atoms with van der Waals surface area (Å²) in [4.78, 5) is 11.9. The van der Waals surface area contributed by atoms with Crippen LogP contribution in [0.15, 0.2) is 24.3 Å². The Bertz CT molecular complexity index is 486. The average molecular weight is 292 g/mol. The van der Waals surface area contributed by atoms with Crippen molar-refractivity contribution in [2.45, 2.75) is 38.9 Å². The average Bonchev–Trinajstić information content (AvgIpc) is 2.43. The standard InChI is InChI=1S/C16H24N2O3/c1-4-12(2)21-14-7-5-6-13(8-14)18-15(19)9-20-16(3)10-17-11-16/h5-8,12,17H,4,9-11H2,1-3H3,(H,18,19). The number of rotatable bonds is 7. The molecule has 0 spiro atoms. The maximum Gasteiger partial charge on any atom is 0.250 e. The van der Waals surface area contributed by atoms with Gasteiger partial charge in [-0.05, 0) is 32.4 Å². The van der Waals surface area contributed by atoms with Crippen LogP contribution >= 0.6 is 0 Å². The molecule has 1 fully saturated rings.